The van der Waals surface area contributed by atoms with Gasteiger partial charge in [0.05, 0.1) is 12.7 Å². The van der Waals surface area contributed by atoms with Gasteiger partial charge in [-0.25, -0.2) is 0 Å². The predicted molar refractivity (Wildman–Crippen MR) is 75.0 cm³/mol. The van der Waals surface area contributed by atoms with Crippen molar-refractivity contribution < 1.29 is 9.84 Å². The van der Waals surface area contributed by atoms with Crippen molar-refractivity contribution in [2.45, 2.75) is 19.4 Å². The molecule has 0 aromatic heterocycles. The molecule has 1 aromatic rings. The minimum atomic E-state index is -0.434. The van der Waals surface area contributed by atoms with Crippen LogP contribution >= 0.6 is 11.6 Å². The third kappa shape index (κ3) is 5.83. The van der Waals surface area contributed by atoms with Crippen molar-refractivity contribution in [1.29, 1.82) is 0 Å². The van der Waals surface area contributed by atoms with Gasteiger partial charge in [0.15, 0.2) is 0 Å². The molecule has 0 bridgehead atoms. The van der Waals surface area contributed by atoms with Gasteiger partial charge < -0.3 is 14.7 Å². The van der Waals surface area contributed by atoms with Crippen LogP contribution in [0, 0.1) is 0 Å². The zero-order valence-corrected chi connectivity index (χ0v) is 11.9. The molecule has 1 rings (SSSR count). The molecule has 4 heteroatoms. The first kappa shape index (κ1) is 15.4. The van der Waals surface area contributed by atoms with E-state index in [2.05, 4.69) is 4.90 Å². The molecule has 0 radical (unpaired) electrons. The van der Waals surface area contributed by atoms with Gasteiger partial charge in [-0.05, 0) is 38.1 Å². The number of likely N-dealkylation sites (N-methyl/N-ethyl adjacent to an activating group) is 1. The van der Waals surface area contributed by atoms with Gasteiger partial charge in [-0.15, -0.1) is 0 Å². The first-order valence-electron chi connectivity index (χ1n) is 6.33. The average molecular weight is 272 g/mol. The molecule has 102 valence electrons. The molecule has 18 heavy (non-hydrogen) atoms. The van der Waals surface area contributed by atoms with E-state index in [9.17, 15) is 5.11 Å². The van der Waals surface area contributed by atoms with E-state index in [4.69, 9.17) is 16.3 Å². The lowest BCUT2D eigenvalue weighted by molar-refractivity contribution is 0.109. The lowest BCUT2D eigenvalue weighted by Gasteiger charge is -2.18. The number of aliphatic hydroxyl groups is 1. The van der Waals surface area contributed by atoms with Crippen LogP contribution in [-0.4, -0.2) is 43.4 Å². The number of hydrogen-bond donors (Lipinski definition) is 1. The minimum absolute atomic E-state index is 0.434. The highest BCUT2D eigenvalue weighted by Crippen LogP contribution is 2.19. The highest BCUT2D eigenvalue weighted by atomic mass is 35.5. The molecule has 0 heterocycles. The van der Waals surface area contributed by atoms with E-state index in [0.717, 1.165) is 31.9 Å². The number of ether oxygens (including phenoxy) is 1. The Hall–Kier alpha value is -0.610. The summed E-state index contributed by atoms with van der Waals surface area (Å²) < 4.78 is 5.29. The van der Waals surface area contributed by atoms with Crippen molar-refractivity contribution in [3.05, 3.63) is 34.9 Å². The highest BCUT2D eigenvalue weighted by Gasteiger charge is 2.08. The molecule has 0 saturated carbocycles. The Kier molecular flexibility index (Phi) is 7.28. The molecule has 0 aliphatic carbocycles. The highest BCUT2D eigenvalue weighted by molar-refractivity contribution is 6.30. The van der Waals surface area contributed by atoms with Crippen LogP contribution in [0.3, 0.4) is 0 Å². The smallest absolute Gasteiger partial charge is 0.0802 e. The average Bonchev–Trinajstić information content (AvgIpc) is 2.37. The summed E-state index contributed by atoms with van der Waals surface area (Å²) in [6.07, 6.45) is 0.279. The fourth-order valence-corrected chi connectivity index (χ4v) is 1.80. The maximum absolute atomic E-state index is 10.0. The lowest BCUT2D eigenvalue weighted by atomic mass is 10.1. The van der Waals surface area contributed by atoms with Crippen molar-refractivity contribution in [3.8, 4) is 0 Å². The topological polar surface area (TPSA) is 32.7 Å². The standard InChI is InChI=1S/C14H22ClNO2/c1-3-18-11-10-16(2)9-8-14(17)12-4-6-13(15)7-5-12/h4-7,14,17H,3,8-11H2,1-2H3. The normalized spacial score (nSPS) is 12.9. The molecule has 0 fully saturated rings. The summed E-state index contributed by atoms with van der Waals surface area (Å²) in [5, 5.41) is 10.7. The van der Waals surface area contributed by atoms with Gasteiger partial charge in [-0.3, -0.25) is 0 Å². The molecular weight excluding hydrogens is 250 g/mol. The van der Waals surface area contributed by atoms with E-state index in [1.807, 2.05) is 26.1 Å². The van der Waals surface area contributed by atoms with Crippen LogP contribution in [0.25, 0.3) is 0 Å². The van der Waals surface area contributed by atoms with Crippen LogP contribution in [-0.2, 0) is 4.74 Å². The van der Waals surface area contributed by atoms with Gasteiger partial charge in [0.1, 0.15) is 0 Å². The van der Waals surface area contributed by atoms with Gasteiger partial charge in [-0.2, -0.15) is 0 Å². The quantitative estimate of drug-likeness (QED) is 0.738. The Labute approximate surface area is 114 Å². The molecule has 1 N–H and O–H groups in total. The SMILES string of the molecule is CCOCCN(C)CCC(O)c1ccc(Cl)cc1. The van der Waals surface area contributed by atoms with E-state index in [1.165, 1.54) is 0 Å². The largest absolute Gasteiger partial charge is 0.388 e. The summed E-state index contributed by atoms with van der Waals surface area (Å²) in [4.78, 5) is 2.16. The summed E-state index contributed by atoms with van der Waals surface area (Å²) in [7, 11) is 2.04. The molecule has 0 amide bonds. The number of benzene rings is 1. The van der Waals surface area contributed by atoms with Crippen LogP contribution in [0.1, 0.15) is 25.0 Å². The van der Waals surface area contributed by atoms with Crippen molar-refractivity contribution >= 4 is 11.6 Å². The molecule has 3 nitrogen and oxygen atoms in total. The molecule has 1 unspecified atom stereocenters. The summed E-state index contributed by atoms with van der Waals surface area (Å²) in [6.45, 7) is 5.22. The third-order valence-electron chi connectivity index (χ3n) is 2.86. The first-order valence-corrected chi connectivity index (χ1v) is 6.71. The van der Waals surface area contributed by atoms with Crippen molar-refractivity contribution in [3.63, 3.8) is 0 Å². The van der Waals surface area contributed by atoms with E-state index < -0.39 is 6.10 Å². The van der Waals surface area contributed by atoms with Crippen molar-refractivity contribution in [2.75, 3.05) is 33.4 Å². The fraction of sp³-hybridized carbons (Fsp3) is 0.571. The number of aliphatic hydroxyl groups excluding tert-OH is 1. The molecule has 0 aliphatic heterocycles. The Morgan fingerprint density at radius 1 is 1.28 bits per heavy atom. The fourth-order valence-electron chi connectivity index (χ4n) is 1.67. The Bertz CT molecular complexity index is 329. The summed E-state index contributed by atoms with van der Waals surface area (Å²) >= 11 is 5.81. The van der Waals surface area contributed by atoms with Gasteiger partial charge in [0, 0.05) is 24.7 Å². The Morgan fingerprint density at radius 3 is 2.56 bits per heavy atom. The maximum atomic E-state index is 10.0. The first-order chi connectivity index (χ1) is 8.63. The van der Waals surface area contributed by atoms with E-state index in [-0.39, 0.29) is 0 Å². The second-order valence-corrected chi connectivity index (χ2v) is 4.79. The van der Waals surface area contributed by atoms with Gasteiger partial charge >= 0.3 is 0 Å². The van der Waals surface area contributed by atoms with Gasteiger partial charge in [0.25, 0.3) is 0 Å². The molecule has 0 saturated heterocycles. The van der Waals surface area contributed by atoms with E-state index >= 15 is 0 Å². The zero-order valence-electron chi connectivity index (χ0n) is 11.1. The monoisotopic (exact) mass is 271 g/mol. The summed E-state index contributed by atoms with van der Waals surface area (Å²) in [6, 6.07) is 7.35. The van der Waals surface area contributed by atoms with Crippen molar-refractivity contribution in [2.24, 2.45) is 0 Å². The van der Waals surface area contributed by atoms with Gasteiger partial charge in [0.2, 0.25) is 0 Å². The van der Waals surface area contributed by atoms with E-state index in [0.29, 0.717) is 11.4 Å². The van der Waals surface area contributed by atoms with Gasteiger partial charge in [-0.1, -0.05) is 23.7 Å². The molecule has 0 aliphatic rings. The van der Waals surface area contributed by atoms with E-state index in [1.54, 1.807) is 12.1 Å². The number of halogens is 1. The van der Waals surface area contributed by atoms with Crippen molar-refractivity contribution in [1.82, 2.24) is 4.90 Å². The Balaban J connectivity index is 2.27. The zero-order chi connectivity index (χ0) is 13.4. The maximum Gasteiger partial charge on any atom is 0.0802 e. The second-order valence-electron chi connectivity index (χ2n) is 4.36. The number of nitrogens with zero attached hydrogens (tertiary/aromatic N) is 1. The predicted octanol–water partition coefficient (Wildman–Crippen LogP) is 2.73. The molecular formula is C14H22ClNO2. The third-order valence-corrected chi connectivity index (χ3v) is 3.11. The van der Waals surface area contributed by atoms with Crippen LogP contribution < -0.4 is 0 Å². The van der Waals surface area contributed by atoms with Crippen LogP contribution in [0.15, 0.2) is 24.3 Å². The minimum Gasteiger partial charge on any atom is -0.388 e. The number of hydrogen-bond acceptors (Lipinski definition) is 3. The van der Waals surface area contributed by atoms with Crippen LogP contribution in [0.4, 0.5) is 0 Å². The lowest BCUT2D eigenvalue weighted by Crippen LogP contribution is -2.25. The summed E-state index contributed by atoms with van der Waals surface area (Å²) in [5.74, 6) is 0. The molecule has 1 atom stereocenters. The second kappa shape index (κ2) is 8.48. The van der Waals surface area contributed by atoms with Crippen LogP contribution in [0.2, 0.25) is 5.02 Å². The molecule has 1 aromatic carbocycles. The number of rotatable bonds is 8. The summed E-state index contributed by atoms with van der Waals surface area (Å²) in [5.41, 5.74) is 0.914. The Morgan fingerprint density at radius 2 is 1.94 bits per heavy atom. The molecule has 0 spiro atoms. The van der Waals surface area contributed by atoms with Crippen LogP contribution in [0.5, 0.6) is 0 Å².